The van der Waals surface area contributed by atoms with Crippen LogP contribution in [0.2, 0.25) is 0 Å². The highest BCUT2D eigenvalue weighted by Gasteiger charge is 2.52. The molecule has 0 aromatic carbocycles. The molecule has 2 fully saturated rings. The lowest BCUT2D eigenvalue weighted by Gasteiger charge is -2.50. The van der Waals surface area contributed by atoms with Crippen LogP contribution in [0.4, 0.5) is 4.79 Å². The molecule has 3 aliphatic carbocycles. The van der Waals surface area contributed by atoms with Crippen LogP contribution in [-0.4, -0.2) is 17.7 Å². The molecule has 3 heteroatoms. The monoisotopic (exact) mass is 476 g/mol. The summed E-state index contributed by atoms with van der Waals surface area (Å²) < 4.78 is 4.92. The van der Waals surface area contributed by atoms with Gasteiger partial charge in [-0.15, -0.1) is 0 Å². The van der Waals surface area contributed by atoms with E-state index < -0.39 is 0 Å². The normalized spacial score (nSPS) is 39.5. The van der Waals surface area contributed by atoms with Crippen molar-refractivity contribution in [2.24, 2.45) is 46.3 Å². The number of carbonyl (C=O) groups excluding carboxylic acids is 1. The smallest absolute Gasteiger partial charge is 0.367 e. The van der Waals surface area contributed by atoms with Gasteiger partial charge in [-0.25, -0.2) is 4.79 Å². The first-order valence-corrected chi connectivity index (χ1v) is 14.9. The second-order valence-electron chi connectivity index (χ2n) is 12.8. The lowest BCUT2D eigenvalue weighted by molar-refractivity contribution is 0.0362. The van der Waals surface area contributed by atoms with Gasteiger partial charge in [0.1, 0.15) is 0 Å². The summed E-state index contributed by atoms with van der Waals surface area (Å²) in [5, 5.41) is 0.306. The van der Waals surface area contributed by atoms with E-state index in [4.69, 9.17) is 4.74 Å². The number of carbonyl (C=O) groups is 1. The second-order valence-corrected chi connectivity index (χ2v) is 14.1. The van der Waals surface area contributed by atoms with Crippen molar-refractivity contribution in [2.75, 3.05) is 7.11 Å². The van der Waals surface area contributed by atoms with Gasteiger partial charge in [-0.3, -0.25) is 0 Å². The summed E-state index contributed by atoms with van der Waals surface area (Å²) in [6, 6.07) is 0. The van der Waals surface area contributed by atoms with Crippen LogP contribution in [0.3, 0.4) is 0 Å². The zero-order chi connectivity index (χ0) is 24.2. The number of ether oxygens (including phenoxy) is 1. The van der Waals surface area contributed by atoms with E-state index in [2.05, 4.69) is 53.7 Å². The Morgan fingerprint density at radius 1 is 1.12 bits per heavy atom. The minimum Gasteiger partial charge on any atom is -0.461 e. The molecular weight excluding hydrogens is 424 g/mol. The van der Waals surface area contributed by atoms with Gasteiger partial charge in [-0.2, -0.15) is 0 Å². The van der Waals surface area contributed by atoms with Crippen LogP contribution in [-0.2, 0) is 4.74 Å². The molecule has 0 amide bonds. The number of hydrogen-bond acceptors (Lipinski definition) is 3. The van der Waals surface area contributed by atoms with Crippen LogP contribution in [0.1, 0.15) is 112 Å². The quantitative estimate of drug-likeness (QED) is 0.245. The molecule has 0 bridgehead atoms. The molecule has 0 spiro atoms. The molecule has 190 valence electrons. The Hall–Kier alpha value is -0.440. The number of fused-ring (bicyclic) bond motifs is 1. The van der Waals surface area contributed by atoms with Gasteiger partial charge in [0, 0.05) is 5.25 Å². The summed E-state index contributed by atoms with van der Waals surface area (Å²) in [5.41, 5.74) is 0.892. The highest BCUT2D eigenvalue weighted by Crippen LogP contribution is 2.61. The van der Waals surface area contributed by atoms with Crippen molar-refractivity contribution in [3.63, 3.8) is 0 Å². The number of thioether (sulfide) groups is 1. The highest BCUT2D eigenvalue weighted by atomic mass is 32.2. The molecule has 3 aliphatic rings. The average molecular weight is 477 g/mol. The topological polar surface area (TPSA) is 26.3 Å². The predicted octanol–water partition coefficient (Wildman–Crippen LogP) is 9.53. The Morgan fingerprint density at radius 3 is 2.55 bits per heavy atom. The van der Waals surface area contributed by atoms with Crippen molar-refractivity contribution in [1.29, 1.82) is 0 Å². The third-order valence-corrected chi connectivity index (χ3v) is 11.2. The Labute approximate surface area is 209 Å². The first kappa shape index (κ1) is 27.2. The van der Waals surface area contributed by atoms with Crippen LogP contribution < -0.4 is 0 Å². The lowest BCUT2D eigenvalue weighted by Crippen LogP contribution is -2.42. The van der Waals surface area contributed by atoms with Crippen molar-refractivity contribution < 1.29 is 9.53 Å². The largest absolute Gasteiger partial charge is 0.461 e. The van der Waals surface area contributed by atoms with Gasteiger partial charge in [0.05, 0.1) is 7.11 Å². The van der Waals surface area contributed by atoms with E-state index in [1.807, 2.05) is 0 Å². The van der Waals surface area contributed by atoms with E-state index in [1.54, 1.807) is 0 Å². The molecule has 0 aromatic rings. The molecule has 0 N–H and O–H groups in total. The first-order valence-electron chi connectivity index (χ1n) is 14.1. The zero-order valence-corrected chi connectivity index (χ0v) is 23.5. The van der Waals surface area contributed by atoms with Crippen molar-refractivity contribution in [3.05, 3.63) is 12.2 Å². The van der Waals surface area contributed by atoms with Crippen LogP contribution in [0.15, 0.2) is 12.2 Å². The summed E-state index contributed by atoms with van der Waals surface area (Å²) in [5.74, 6) is 4.77. The molecule has 0 radical (unpaired) electrons. The number of allylic oxidation sites excluding steroid dienone is 2. The molecule has 2 saturated carbocycles. The minimum atomic E-state index is -0.115. The minimum absolute atomic E-state index is 0.115. The molecule has 0 heterocycles. The summed E-state index contributed by atoms with van der Waals surface area (Å²) in [6.45, 7) is 14.9. The Morgan fingerprint density at radius 2 is 1.88 bits per heavy atom. The standard InChI is InChI=1S/C30H52O2S/c1-8-17-30(6)26(22(4)11-9-10-21(2)3)14-15-27(30)23-12-13-24-19-25(33-28(31)32-7)16-18-29(24,5)20-23/h12-13,21-27H,8-11,14-20H2,1-7H3/t22-,23+,24?,25?,26?,27?,29+,30+/m1/s1. The average Bonchev–Trinajstić information content (AvgIpc) is 3.10. The fraction of sp³-hybridized carbons (Fsp3) is 0.900. The van der Waals surface area contributed by atoms with Gasteiger partial charge in [0.2, 0.25) is 0 Å². The highest BCUT2D eigenvalue weighted by molar-refractivity contribution is 8.13. The number of methoxy groups -OCH3 is 1. The van der Waals surface area contributed by atoms with Gasteiger partial charge in [0.25, 0.3) is 0 Å². The Kier molecular flexibility index (Phi) is 9.49. The maximum absolute atomic E-state index is 11.8. The Balaban J connectivity index is 1.69. The second kappa shape index (κ2) is 11.5. The third kappa shape index (κ3) is 6.22. The van der Waals surface area contributed by atoms with E-state index in [-0.39, 0.29) is 5.30 Å². The van der Waals surface area contributed by atoms with Gasteiger partial charge in [-0.05, 0) is 103 Å². The van der Waals surface area contributed by atoms with Gasteiger partial charge in [0.15, 0.2) is 0 Å². The summed E-state index contributed by atoms with van der Waals surface area (Å²) >= 11 is 1.42. The molecule has 4 unspecified atom stereocenters. The van der Waals surface area contributed by atoms with Crippen LogP contribution in [0.25, 0.3) is 0 Å². The molecule has 3 rings (SSSR count). The van der Waals surface area contributed by atoms with Gasteiger partial charge in [-0.1, -0.05) is 79.4 Å². The first-order chi connectivity index (χ1) is 15.6. The maximum Gasteiger partial charge on any atom is 0.367 e. The SMILES string of the molecule is CCC[C@@]1(C)C([C@H](C)CCCC(C)C)CCC1[C@H]1C=CC2CC(SC(=O)OC)CC[C@@]2(C)C1. The number of hydrogen-bond donors (Lipinski definition) is 0. The van der Waals surface area contributed by atoms with Crippen LogP contribution in [0, 0.1) is 46.3 Å². The molecule has 0 saturated heterocycles. The predicted molar refractivity (Wildman–Crippen MR) is 144 cm³/mol. The molecule has 0 aromatic heterocycles. The fourth-order valence-corrected chi connectivity index (χ4v) is 9.17. The van der Waals surface area contributed by atoms with Crippen molar-refractivity contribution in [3.8, 4) is 0 Å². The van der Waals surface area contributed by atoms with Gasteiger partial charge < -0.3 is 4.74 Å². The Bertz CT molecular complexity index is 672. The summed E-state index contributed by atoms with van der Waals surface area (Å²) in [6.07, 6.45) is 19.8. The summed E-state index contributed by atoms with van der Waals surface area (Å²) in [4.78, 5) is 11.8. The maximum atomic E-state index is 11.8. The van der Waals surface area contributed by atoms with E-state index in [9.17, 15) is 4.79 Å². The van der Waals surface area contributed by atoms with Gasteiger partial charge >= 0.3 is 5.30 Å². The van der Waals surface area contributed by atoms with E-state index in [1.165, 1.54) is 76.7 Å². The van der Waals surface area contributed by atoms with Crippen molar-refractivity contribution >= 4 is 17.1 Å². The fourth-order valence-electron chi connectivity index (χ4n) is 8.27. The van der Waals surface area contributed by atoms with E-state index in [0.29, 0.717) is 22.0 Å². The zero-order valence-electron chi connectivity index (χ0n) is 22.7. The number of rotatable bonds is 9. The molecular formula is C30H52O2S. The molecule has 2 nitrogen and oxygen atoms in total. The van der Waals surface area contributed by atoms with Crippen LogP contribution >= 0.6 is 11.8 Å². The third-order valence-electron chi connectivity index (χ3n) is 10.1. The molecule has 8 atom stereocenters. The van der Waals surface area contributed by atoms with Crippen LogP contribution in [0.5, 0.6) is 0 Å². The lowest BCUT2D eigenvalue weighted by atomic mass is 9.55. The summed E-state index contributed by atoms with van der Waals surface area (Å²) in [7, 11) is 1.50. The van der Waals surface area contributed by atoms with Crippen molar-refractivity contribution in [2.45, 2.75) is 117 Å². The molecule has 0 aliphatic heterocycles. The van der Waals surface area contributed by atoms with Crippen molar-refractivity contribution in [1.82, 2.24) is 0 Å². The van der Waals surface area contributed by atoms with E-state index in [0.717, 1.165) is 42.4 Å². The molecule has 33 heavy (non-hydrogen) atoms. The van der Waals surface area contributed by atoms with E-state index >= 15 is 0 Å².